The number of piperidine rings is 1. The fourth-order valence-electron chi connectivity index (χ4n) is 2.16. The summed E-state index contributed by atoms with van der Waals surface area (Å²) in [5, 5.41) is 18.4. The molecule has 2 atom stereocenters. The Labute approximate surface area is 97.0 Å². The Bertz CT molecular complexity index is 295. The van der Waals surface area contributed by atoms with Crippen molar-refractivity contribution in [1.82, 2.24) is 4.90 Å². The molecule has 1 aliphatic rings. The molecule has 0 amide bonds. The fraction of sp³-hybridized carbons (Fsp3) is 0.900. The summed E-state index contributed by atoms with van der Waals surface area (Å²) in [7, 11) is 0. The number of halogens is 3. The number of carboxylic acids is 1. The molecule has 1 aliphatic heterocycles. The van der Waals surface area contributed by atoms with E-state index in [1.165, 1.54) is 4.90 Å². The van der Waals surface area contributed by atoms with Gasteiger partial charge >= 0.3 is 12.1 Å². The zero-order valence-electron chi connectivity index (χ0n) is 9.50. The van der Waals surface area contributed by atoms with Crippen molar-refractivity contribution in [1.29, 1.82) is 0 Å². The summed E-state index contributed by atoms with van der Waals surface area (Å²) >= 11 is 0. The number of β-amino-alcohol motifs (C(OH)–C–C–N with tert-alkyl or cyclic N) is 1. The van der Waals surface area contributed by atoms with Gasteiger partial charge in [0.25, 0.3) is 0 Å². The zero-order chi connectivity index (χ0) is 13.3. The largest absolute Gasteiger partial charge is 0.480 e. The highest BCUT2D eigenvalue weighted by molar-refractivity contribution is 5.73. The van der Waals surface area contributed by atoms with E-state index in [9.17, 15) is 23.1 Å². The summed E-state index contributed by atoms with van der Waals surface area (Å²) in [6.07, 6.45) is -4.74. The lowest BCUT2D eigenvalue weighted by atomic mass is 9.91. The van der Waals surface area contributed by atoms with Crippen molar-refractivity contribution in [3.05, 3.63) is 0 Å². The van der Waals surface area contributed by atoms with Gasteiger partial charge in [0.15, 0.2) is 5.60 Å². The molecule has 0 radical (unpaired) electrons. The van der Waals surface area contributed by atoms with Crippen LogP contribution in [-0.4, -0.2) is 52.0 Å². The van der Waals surface area contributed by atoms with Crippen molar-refractivity contribution in [2.45, 2.75) is 44.0 Å². The highest BCUT2D eigenvalue weighted by Gasteiger charge is 2.56. The van der Waals surface area contributed by atoms with Crippen LogP contribution in [0.15, 0.2) is 0 Å². The van der Waals surface area contributed by atoms with Gasteiger partial charge in [-0.2, -0.15) is 13.2 Å². The van der Waals surface area contributed by atoms with Crippen LogP contribution in [0, 0.1) is 0 Å². The van der Waals surface area contributed by atoms with Crippen LogP contribution in [-0.2, 0) is 4.79 Å². The molecule has 1 rings (SSSR count). The molecule has 0 aliphatic carbocycles. The number of carboxylic acid groups (broad SMARTS) is 1. The zero-order valence-corrected chi connectivity index (χ0v) is 9.50. The molecule has 0 spiro atoms. The monoisotopic (exact) mass is 255 g/mol. The number of hydrogen-bond acceptors (Lipinski definition) is 3. The molecular weight excluding hydrogens is 239 g/mol. The molecule has 2 unspecified atom stereocenters. The third-order valence-corrected chi connectivity index (χ3v) is 3.14. The van der Waals surface area contributed by atoms with Crippen molar-refractivity contribution < 1.29 is 28.2 Å². The van der Waals surface area contributed by atoms with E-state index in [0.29, 0.717) is 0 Å². The maximum absolute atomic E-state index is 12.6. The maximum Gasteiger partial charge on any atom is 0.418 e. The summed E-state index contributed by atoms with van der Waals surface area (Å²) in [4.78, 5) is 12.1. The molecule has 0 aromatic carbocycles. The number of nitrogens with zero attached hydrogens (tertiary/aromatic N) is 1. The Morgan fingerprint density at radius 2 is 2.12 bits per heavy atom. The molecule has 2 N–H and O–H groups in total. The van der Waals surface area contributed by atoms with Crippen LogP contribution >= 0.6 is 0 Å². The van der Waals surface area contributed by atoms with Crippen LogP contribution in [0.3, 0.4) is 0 Å². The average molecular weight is 255 g/mol. The van der Waals surface area contributed by atoms with Crippen molar-refractivity contribution in [2.24, 2.45) is 0 Å². The van der Waals surface area contributed by atoms with Crippen LogP contribution in [0.2, 0.25) is 0 Å². The van der Waals surface area contributed by atoms with E-state index in [-0.39, 0.29) is 25.8 Å². The van der Waals surface area contributed by atoms with Gasteiger partial charge in [0.1, 0.15) is 6.04 Å². The molecule has 100 valence electrons. The molecule has 7 heteroatoms. The Morgan fingerprint density at radius 3 is 2.53 bits per heavy atom. The molecule has 17 heavy (non-hydrogen) atoms. The predicted octanol–water partition coefficient (Wildman–Crippen LogP) is 1.24. The highest BCUT2D eigenvalue weighted by atomic mass is 19.4. The van der Waals surface area contributed by atoms with Crippen LogP contribution in [0.1, 0.15) is 26.2 Å². The van der Waals surface area contributed by atoms with E-state index in [1.54, 1.807) is 6.92 Å². The van der Waals surface area contributed by atoms with E-state index < -0.39 is 30.3 Å². The van der Waals surface area contributed by atoms with Gasteiger partial charge in [-0.15, -0.1) is 0 Å². The third kappa shape index (κ3) is 2.90. The molecule has 1 saturated heterocycles. The highest BCUT2D eigenvalue weighted by Crippen LogP contribution is 2.37. The first kappa shape index (κ1) is 14.2. The van der Waals surface area contributed by atoms with E-state index in [1.807, 2.05) is 0 Å². The number of carbonyl (C=O) groups is 1. The first-order chi connectivity index (χ1) is 7.71. The molecule has 0 aromatic rings. The normalized spacial score (nSPS) is 29.0. The summed E-state index contributed by atoms with van der Waals surface area (Å²) in [5.74, 6) is -1.15. The molecule has 1 heterocycles. The molecule has 1 fully saturated rings. The Kier molecular flexibility index (Phi) is 4.03. The number of likely N-dealkylation sites (tertiary alicyclic amines) is 1. The smallest absolute Gasteiger partial charge is 0.418 e. The summed E-state index contributed by atoms with van der Waals surface area (Å²) < 4.78 is 37.9. The maximum atomic E-state index is 12.6. The van der Waals surface area contributed by atoms with Crippen LogP contribution in [0.4, 0.5) is 13.2 Å². The van der Waals surface area contributed by atoms with E-state index in [4.69, 9.17) is 5.11 Å². The standard InChI is InChI=1S/C10H16F3NO3/c1-2-7(8(15)16)14-5-3-4-9(17,6-14)10(11,12)13/h7,17H,2-6H2,1H3,(H,15,16). The number of alkyl halides is 3. The van der Waals surface area contributed by atoms with Crippen LogP contribution in [0.25, 0.3) is 0 Å². The van der Waals surface area contributed by atoms with Crippen LogP contribution < -0.4 is 0 Å². The number of aliphatic hydroxyl groups is 1. The molecule has 0 bridgehead atoms. The molecule has 0 aromatic heterocycles. The lowest BCUT2D eigenvalue weighted by Gasteiger charge is -2.42. The number of rotatable bonds is 3. The third-order valence-electron chi connectivity index (χ3n) is 3.14. The first-order valence-corrected chi connectivity index (χ1v) is 5.47. The average Bonchev–Trinajstić information content (AvgIpc) is 2.16. The van der Waals surface area contributed by atoms with Crippen LogP contribution in [0.5, 0.6) is 0 Å². The Morgan fingerprint density at radius 1 is 1.53 bits per heavy atom. The second-order valence-electron chi connectivity index (χ2n) is 4.37. The summed E-state index contributed by atoms with van der Waals surface area (Å²) in [6, 6.07) is -0.968. The number of hydrogen-bond donors (Lipinski definition) is 2. The fourth-order valence-corrected chi connectivity index (χ4v) is 2.16. The second-order valence-corrected chi connectivity index (χ2v) is 4.37. The quantitative estimate of drug-likeness (QED) is 0.796. The van der Waals surface area contributed by atoms with Crippen molar-refractivity contribution >= 4 is 5.97 Å². The minimum absolute atomic E-state index is 0.139. The summed E-state index contributed by atoms with van der Waals surface area (Å²) in [6.45, 7) is 1.20. The molecular formula is C10H16F3NO3. The van der Waals surface area contributed by atoms with E-state index >= 15 is 0 Å². The predicted molar refractivity (Wildman–Crippen MR) is 53.5 cm³/mol. The lowest BCUT2D eigenvalue weighted by Crippen LogP contribution is -2.60. The van der Waals surface area contributed by atoms with Crippen molar-refractivity contribution in [3.8, 4) is 0 Å². The minimum atomic E-state index is -4.72. The van der Waals surface area contributed by atoms with Gasteiger partial charge in [-0.3, -0.25) is 9.69 Å². The molecule has 4 nitrogen and oxygen atoms in total. The second kappa shape index (κ2) is 4.81. The van der Waals surface area contributed by atoms with Gasteiger partial charge in [-0.1, -0.05) is 6.92 Å². The van der Waals surface area contributed by atoms with Gasteiger partial charge in [-0.25, -0.2) is 0 Å². The van der Waals surface area contributed by atoms with Gasteiger partial charge in [0.05, 0.1) is 0 Å². The van der Waals surface area contributed by atoms with Gasteiger partial charge in [-0.05, 0) is 25.8 Å². The van der Waals surface area contributed by atoms with Gasteiger partial charge in [0.2, 0.25) is 0 Å². The Hall–Kier alpha value is -0.820. The summed E-state index contributed by atoms with van der Waals surface area (Å²) in [5.41, 5.74) is -2.78. The molecule has 0 saturated carbocycles. The Balaban J connectivity index is 2.82. The van der Waals surface area contributed by atoms with Crippen molar-refractivity contribution in [2.75, 3.05) is 13.1 Å². The SMILES string of the molecule is CCC(C(=O)O)N1CCCC(O)(C(F)(F)F)C1. The first-order valence-electron chi connectivity index (χ1n) is 5.47. The van der Waals surface area contributed by atoms with Gasteiger partial charge in [0, 0.05) is 6.54 Å². The van der Waals surface area contributed by atoms with Crippen molar-refractivity contribution in [3.63, 3.8) is 0 Å². The number of aliphatic carboxylic acids is 1. The lowest BCUT2D eigenvalue weighted by molar-refractivity contribution is -0.275. The van der Waals surface area contributed by atoms with Gasteiger partial charge < -0.3 is 10.2 Å². The van der Waals surface area contributed by atoms with E-state index in [2.05, 4.69) is 0 Å². The minimum Gasteiger partial charge on any atom is -0.480 e. The topological polar surface area (TPSA) is 60.8 Å². The van der Waals surface area contributed by atoms with E-state index in [0.717, 1.165) is 0 Å².